The van der Waals surface area contributed by atoms with E-state index in [0.29, 0.717) is 13.1 Å². The van der Waals surface area contributed by atoms with E-state index in [-0.39, 0.29) is 11.9 Å². The first kappa shape index (κ1) is 14.8. The molecule has 1 aliphatic rings. The molecule has 1 atom stereocenters. The van der Waals surface area contributed by atoms with Gasteiger partial charge in [-0.1, -0.05) is 12.8 Å². The molecule has 1 aliphatic heterocycles. The van der Waals surface area contributed by atoms with Crippen LogP contribution in [-0.2, 0) is 4.79 Å². The van der Waals surface area contributed by atoms with E-state index in [1.807, 2.05) is 11.8 Å². The van der Waals surface area contributed by atoms with Crippen molar-refractivity contribution in [1.29, 1.82) is 0 Å². The third-order valence-electron chi connectivity index (χ3n) is 3.16. The molecule has 4 N–H and O–H groups in total. The van der Waals surface area contributed by atoms with Gasteiger partial charge < -0.3 is 21.3 Å². The lowest BCUT2D eigenvalue weighted by molar-refractivity contribution is -0.132. The zero-order valence-corrected chi connectivity index (χ0v) is 11.1. The third kappa shape index (κ3) is 5.35. The van der Waals surface area contributed by atoms with Crippen LogP contribution in [0.5, 0.6) is 0 Å². The van der Waals surface area contributed by atoms with Crippen LogP contribution in [0.3, 0.4) is 0 Å². The molecule has 18 heavy (non-hydrogen) atoms. The summed E-state index contributed by atoms with van der Waals surface area (Å²) in [5.41, 5.74) is 4.95. The second-order valence-corrected chi connectivity index (χ2v) is 4.71. The van der Waals surface area contributed by atoms with Crippen LogP contribution in [-0.4, -0.2) is 49.1 Å². The molecule has 1 saturated heterocycles. The van der Waals surface area contributed by atoms with Gasteiger partial charge in [0.15, 0.2) is 0 Å². The molecule has 1 unspecified atom stereocenters. The molecule has 104 valence electrons. The van der Waals surface area contributed by atoms with E-state index in [1.54, 1.807) is 0 Å². The fraction of sp³-hybridized carbons (Fsp3) is 0.833. The Kier molecular flexibility index (Phi) is 6.49. The molecule has 1 fully saturated rings. The summed E-state index contributed by atoms with van der Waals surface area (Å²) in [5.74, 6) is 0.149. The summed E-state index contributed by atoms with van der Waals surface area (Å²) in [7, 11) is 0. The number of hydrogen-bond donors (Lipinski definition) is 3. The van der Waals surface area contributed by atoms with Crippen molar-refractivity contribution in [3.05, 3.63) is 0 Å². The van der Waals surface area contributed by atoms with Gasteiger partial charge in [0.2, 0.25) is 5.91 Å². The molecule has 0 aromatic carbocycles. The van der Waals surface area contributed by atoms with Crippen molar-refractivity contribution in [3.63, 3.8) is 0 Å². The number of carbonyl (C=O) groups is 2. The topological polar surface area (TPSA) is 87.5 Å². The maximum absolute atomic E-state index is 12.1. The number of rotatable bonds is 5. The summed E-state index contributed by atoms with van der Waals surface area (Å²) < 4.78 is 0. The highest BCUT2D eigenvalue weighted by Crippen LogP contribution is 2.10. The predicted octanol–water partition coefficient (Wildman–Crippen LogP) is 0.0354. The van der Waals surface area contributed by atoms with Crippen LogP contribution in [0, 0.1) is 0 Å². The summed E-state index contributed by atoms with van der Waals surface area (Å²) in [4.78, 5) is 24.5. The molecule has 6 nitrogen and oxygen atoms in total. The Balaban J connectivity index is 2.24. The van der Waals surface area contributed by atoms with Gasteiger partial charge in [-0.2, -0.15) is 0 Å². The number of primary amides is 1. The summed E-state index contributed by atoms with van der Waals surface area (Å²) in [6.07, 6.45) is 4.63. The minimum absolute atomic E-state index is 0.149. The normalized spacial score (nSPS) is 17.9. The van der Waals surface area contributed by atoms with Crippen molar-refractivity contribution in [3.8, 4) is 0 Å². The van der Waals surface area contributed by atoms with Gasteiger partial charge in [0.1, 0.15) is 0 Å². The van der Waals surface area contributed by atoms with Crippen molar-refractivity contribution in [2.45, 2.75) is 38.6 Å². The van der Waals surface area contributed by atoms with E-state index in [4.69, 9.17) is 5.73 Å². The zero-order valence-electron chi connectivity index (χ0n) is 11.1. The fourth-order valence-electron chi connectivity index (χ4n) is 2.13. The van der Waals surface area contributed by atoms with Gasteiger partial charge in [-0.05, 0) is 19.8 Å². The lowest BCUT2D eigenvalue weighted by Gasteiger charge is -2.24. The summed E-state index contributed by atoms with van der Waals surface area (Å²) in [5, 5.41) is 5.57. The zero-order chi connectivity index (χ0) is 13.4. The van der Waals surface area contributed by atoms with Crippen molar-refractivity contribution in [2.24, 2.45) is 5.73 Å². The summed E-state index contributed by atoms with van der Waals surface area (Å²) in [6.45, 7) is 4.57. The predicted molar refractivity (Wildman–Crippen MR) is 70.1 cm³/mol. The number of amides is 3. The highest BCUT2D eigenvalue weighted by Gasteiger charge is 2.20. The van der Waals surface area contributed by atoms with Gasteiger partial charge in [0.25, 0.3) is 0 Å². The molecule has 1 rings (SSSR count). The average Bonchev–Trinajstić information content (AvgIpc) is 2.61. The summed E-state index contributed by atoms with van der Waals surface area (Å²) in [6, 6.07) is -0.749. The maximum atomic E-state index is 12.1. The van der Waals surface area contributed by atoms with Crippen molar-refractivity contribution in [1.82, 2.24) is 15.5 Å². The molecule has 0 spiro atoms. The minimum atomic E-state index is -0.539. The maximum Gasteiger partial charge on any atom is 0.312 e. The molecule has 0 bridgehead atoms. The van der Waals surface area contributed by atoms with Gasteiger partial charge in [0.05, 0.1) is 6.04 Å². The standard InChI is InChI=1S/C12H24N4O2/c1-10(14-6-7-15-12(13)18)11(17)16-8-4-2-3-5-9-16/h10,14H,2-9H2,1H3,(H3,13,15,18). The van der Waals surface area contributed by atoms with Crippen LogP contribution < -0.4 is 16.4 Å². The first-order chi connectivity index (χ1) is 8.61. The Hall–Kier alpha value is -1.30. The molecule has 0 radical (unpaired) electrons. The highest BCUT2D eigenvalue weighted by molar-refractivity contribution is 5.81. The van der Waals surface area contributed by atoms with Gasteiger partial charge in [0, 0.05) is 26.2 Å². The van der Waals surface area contributed by atoms with Crippen molar-refractivity contribution in [2.75, 3.05) is 26.2 Å². The van der Waals surface area contributed by atoms with Gasteiger partial charge >= 0.3 is 6.03 Å². The third-order valence-corrected chi connectivity index (χ3v) is 3.16. The van der Waals surface area contributed by atoms with Crippen LogP contribution in [0.2, 0.25) is 0 Å². The number of nitrogens with two attached hydrogens (primary N) is 1. The second-order valence-electron chi connectivity index (χ2n) is 4.71. The second kappa shape index (κ2) is 7.92. The monoisotopic (exact) mass is 256 g/mol. The fourth-order valence-corrected chi connectivity index (χ4v) is 2.13. The smallest absolute Gasteiger partial charge is 0.312 e. The van der Waals surface area contributed by atoms with Crippen LogP contribution >= 0.6 is 0 Å². The van der Waals surface area contributed by atoms with E-state index >= 15 is 0 Å². The molecule has 0 aromatic heterocycles. The molecule has 6 heteroatoms. The quantitative estimate of drug-likeness (QED) is 0.607. The Labute approximate surface area is 108 Å². The van der Waals surface area contributed by atoms with E-state index in [2.05, 4.69) is 10.6 Å². The van der Waals surface area contributed by atoms with E-state index < -0.39 is 6.03 Å². The SMILES string of the molecule is CC(NCCNC(N)=O)C(=O)N1CCCCCC1. The lowest BCUT2D eigenvalue weighted by Crippen LogP contribution is -2.47. The molecule has 3 amide bonds. The Morgan fingerprint density at radius 1 is 1.17 bits per heavy atom. The van der Waals surface area contributed by atoms with Gasteiger partial charge in [-0.15, -0.1) is 0 Å². The number of carbonyl (C=O) groups excluding carboxylic acids is 2. The number of nitrogens with one attached hydrogen (secondary N) is 2. The number of urea groups is 1. The first-order valence-corrected chi connectivity index (χ1v) is 6.66. The Bertz CT molecular complexity index is 275. The van der Waals surface area contributed by atoms with Crippen LogP contribution in [0.25, 0.3) is 0 Å². The first-order valence-electron chi connectivity index (χ1n) is 6.66. The van der Waals surface area contributed by atoms with E-state index in [1.165, 1.54) is 12.8 Å². The highest BCUT2D eigenvalue weighted by atomic mass is 16.2. The average molecular weight is 256 g/mol. The Morgan fingerprint density at radius 2 is 1.78 bits per heavy atom. The van der Waals surface area contributed by atoms with Crippen LogP contribution in [0.15, 0.2) is 0 Å². The summed E-state index contributed by atoms with van der Waals surface area (Å²) >= 11 is 0. The molecular weight excluding hydrogens is 232 g/mol. The van der Waals surface area contributed by atoms with E-state index in [0.717, 1.165) is 25.9 Å². The van der Waals surface area contributed by atoms with Gasteiger partial charge in [-0.3, -0.25) is 4.79 Å². The molecule has 0 aromatic rings. The van der Waals surface area contributed by atoms with E-state index in [9.17, 15) is 9.59 Å². The molecule has 0 aliphatic carbocycles. The van der Waals surface area contributed by atoms with Gasteiger partial charge in [-0.25, -0.2) is 4.79 Å². The van der Waals surface area contributed by atoms with Crippen molar-refractivity contribution >= 4 is 11.9 Å². The number of hydrogen-bond acceptors (Lipinski definition) is 3. The Morgan fingerprint density at radius 3 is 2.33 bits per heavy atom. The van der Waals surface area contributed by atoms with Crippen LogP contribution in [0.4, 0.5) is 4.79 Å². The lowest BCUT2D eigenvalue weighted by atomic mass is 10.2. The van der Waals surface area contributed by atoms with Crippen LogP contribution in [0.1, 0.15) is 32.6 Å². The van der Waals surface area contributed by atoms with Crippen molar-refractivity contribution < 1.29 is 9.59 Å². The largest absolute Gasteiger partial charge is 0.352 e. The number of likely N-dealkylation sites (tertiary alicyclic amines) is 1. The minimum Gasteiger partial charge on any atom is -0.352 e. The molecule has 0 saturated carbocycles. The molecular formula is C12H24N4O2. The molecule has 1 heterocycles. The number of nitrogens with zero attached hydrogens (tertiary/aromatic N) is 1.